The summed E-state index contributed by atoms with van der Waals surface area (Å²) in [5.41, 5.74) is 3.97. The lowest BCUT2D eigenvalue weighted by Gasteiger charge is -2.46. The number of hydrogen-bond donors (Lipinski definition) is 1. The van der Waals surface area contributed by atoms with Crippen LogP contribution >= 0.6 is 0 Å². The molecule has 4 aromatic rings. The highest BCUT2D eigenvalue weighted by molar-refractivity contribution is 5.85. The minimum atomic E-state index is 0.136. The van der Waals surface area contributed by atoms with Gasteiger partial charge in [0.2, 0.25) is 0 Å². The molecule has 6 rings (SSSR count). The molecule has 2 bridgehead atoms. The maximum absolute atomic E-state index is 6.62. The molecule has 1 N–H and O–H groups in total. The molecule has 2 saturated heterocycles. The zero-order valence-corrected chi connectivity index (χ0v) is 19.5. The van der Waals surface area contributed by atoms with E-state index in [4.69, 9.17) is 9.47 Å². The monoisotopic (exact) mass is 460 g/mol. The van der Waals surface area contributed by atoms with Gasteiger partial charge in [-0.05, 0) is 26.1 Å². The zero-order valence-electron chi connectivity index (χ0n) is 19.5. The number of ether oxygens (including phenoxy) is 2. The Morgan fingerprint density at radius 2 is 1.91 bits per heavy atom. The van der Waals surface area contributed by atoms with Crippen LogP contribution in [0, 0.1) is 6.92 Å². The zero-order chi connectivity index (χ0) is 23.2. The third-order valence-corrected chi connectivity index (χ3v) is 6.79. The number of aromatic nitrogens is 6. The average molecular weight is 461 g/mol. The second kappa shape index (κ2) is 8.37. The normalized spacial score (nSPS) is 22.7. The molecule has 176 valence electrons. The molecule has 2 unspecified atom stereocenters. The summed E-state index contributed by atoms with van der Waals surface area (Å²) in [6.07, 6.45) is 7.64. The van der Waals surface area contributed by atoms with Gasteiger partial charge in [0.25, 0.3) is 0 Å². The quantitative estimate of drug-likeness (QED) is 0.486. The number of anilines is 2. The number of nitrogens with zero attached hydrogens (tertiary/aromatic N) is 7. The SMILES string of the molecule is Cc1cc(-c2cccn3nc(Nc4cn(C)nn4)cc23)c(OC2CC3COCC(C2)N3C)cn1. The largest absolute Gasteiger partial charge is 0.488 e. The van der Waals surface area contributed by atoms with Gasteiger partial charge < -0.3 is 14.8 Å². The first-order chi connectivity index (χ1) is 16.5. The first-order valence-corrected chi connectivity index (χ1v) is 11.6. The number of hydrogen-bond acceptors (Lipinski definition) is 8. The molecule has 4 aromatic heterocycles. The van der Waals surface area contributed by atoms with Crippen molar-refractivity contribution in [3.05, 3.63) is 48.5 Å². The van der Waals surface area contributed by atoms with Crippen molar-refractivity contribution in [2.75, 3.05) is 25.6 Å². The lowest BCUT2D eigenvalue weighted by atomic mass is 9.92. The summed E-state index contributed by atoms with van der Waals surface area (Å²) >= 11 is 0. The van der Waals surface area contributed by atoms with Crippen molar-refractivity contribution in [1.82, 2.24) is 34.5 Å². The fraction of sp³-hybridized carbons (Fsp3) is 0.417. The number of pyridine rings is 2. The van der Waals surface area contributed by atoms with Crippen molar-refractivity contribution in [2.45, 2.75) is 38.0 Å². The van der Waals surface area contributed by atoms with Crippen LogP contribution < -0.4 is 10.1 Å². The number of piperidine rings is 1. The third kappa shape index (κ3) is 3.88. The van der Waals surface area contributed by atoms with E-state index in [0.717, 1.165) is 54.1 Å². The lowest BCUT2D eigenvalue weighted by molar-refractivity contribution is -0.0879. The highest BCUT2D eigenvalue weighted by Gasteiger charge is 2.38. The summed E-state index contributed by atoms with van der Waals surface area (Å²) in [6, 6.07) is 8.99. The lowest BCUT2D eigenvalue weighted by Crippen LogP contribution is -2.57. The van der Waals surface area contributed by atoms with Crippen molar-refractivity contribution in [3.63, 3.8) is 0 Å². The van der Waals surface area contributed by atoms with E-state index in [0.29, 0.717) is 23.7 Å². The Kier molecular flexibility index (Phi) is 5.19. The fourth-order valence-electron chi connectivity index (χ4n) is 5.01. The standard InChI is InChI=1S/C24H28N8O2/c1-15-7-20(22(11-25-15)34-18-8-16-13-33-14-17(9-18)31(16)3)19-5-4-6-32-21(19)10-23(28-32)26-24-12-30(2)29-27-24/h4-7,10-12,16-18H,8-9,13-14H2,1-3H3,(H,26,28). The molecule has 2 atom stereocenters. The summed E-state index contributed by atoms with van der Waals surface area (Å²) in [5, 5.41) is 16.0. The number of likely N-dealkylation sites (N-methyl/N-ethyl adjacent to an activating group) is 1. The number of nitrogens with one attached hydrogen (secondary N) is 1. The van der Waals surface area contributed by atoms with Crippen LogP contribution in [0.25, 0.3) is 16.6 Å². The second-order valence-electron chi connectivity index (χ2n) is 9.23. The smallest absolute Gasteiger partial charge is 0.174 e. The molecule has 34 heavy (non-hydrogen) atoms. The van der Waals surface area contributed by atoms with Crippen LogP contribution in [0.2, 0.25) is 0 Å². The van der Waals surface area contributed by atoms with E-state index in [1.807, 2.05) is 49.2 Å². The van der Waals surface area contributed by atoms with Gasteiger partial charge >= 0.3 is 0 Å². The Bertz CT molecular complexity index is 1320. The molecule has 0 amide bonds. The van der Waals surface area contributed by atoms with Crippen LogP contribution in [0.5, 0.6) is 5.75 Å². The molecule has 2 aliphatic heterocycles. The fourth-order valence-corrected chi connectivity index (χ4v) is 5.01. The summed E-state index contributed by atoms with van der Waals surface area (Å²) < 4.78 is 15.9. The number of fused-ring (bicyclic) bond motifs is 3. The minimum absolute atomic E-state index is 0.136. The topological polar surface area (TPSA) is 94.6 Å². The molecule has 6 heterocycles. The highest BCUT2D eigenvalue weighted by Crippen LogP contribution is 2.37. The molecule has 0 radical (unpaired) electrons. The maximum Gasteiger partial charge on any atom is 0.174 e. The molecule has 2 aliphatic rings. The van der Waals surface area contributed by atoms with Gasteiger partial charge in [-0.3, -0.25) is 14.6 Å². The number of morpholine rings is 1. The van der Waals surface area contributed by atoms with Gasteiger partial charge in [-0.1, -0.05) is 11.3 Å². The molecule has 2 fully saturated rings. The Balaban J connectivity index is 1.33. The first kappa shape index (κ1) is 21.1. The van der Waals surface area contributed by atoms with Gasteiger partial charge in [0.1, 0.15) is 11.9 Å². The van der Waals surface area contributed by atoms with E-state index < -0.39 is 0 Å². The first-order valence-electron chi connectivity index (χ1n) is 11.6. The molecule has 0 aromatic carbocycles. The van der Waals surface area contributed by atoms with Crippen molar-refractivity contribution >= 4 is 17.2 Å². The summed E-state index contributed by atoms with van der Waals surface area (Å²) in [7, 11) is 4.03. The molecule has 0 spiro atoms. The Labute approximate surface area is 197 Å². The van der Waals surface area contributed by atoms with Crippen molar-refractivity contribution < 1.29 is 9.47 Å². The van der Waals surface area contributed by atoms with Crippen molar-refractivity contribution in [3.8, 4) is 16.9 Å². The Morgan fingerprint density at radius 1 is 1.09 bits per heavy atom. The molecular weight excluding hydrogens is 432 g/mol. The van der Waals surface area contributed by atoms with E-state index in [1.54, 1.807) is 4.68 Å². The van der Waals surface area contributed by atoms with Crippen LogP contribution in [-0.2, 0) is 11.8 Å². The predicted molar refractivity (Wildman–Crippen MR) is 127 cm³/mol. The molecule has 10 nitrogen and oxygen atoms in total. The van der Waals surface area contributed by atoms with E-state index in [1.165, 1.54) is 0 Å². The van der Waals surface area contributed by atoms with Crippen molar-refractivity contribution in [1.29, 1.82) is 0 Å². The van der Waals surface area contributed by atoms with Crippen LogP contribution in [0.3, 0.4) is 0 Å². The molecule has 0 aliphatic carbocycles. The van der Waals surface area contributed by atoms with Gasteiger partial charge in [0, 0.05) is 61.1 Å². The van der Waals surface area contributed by atoms with Crippen LogP contribution in [0.4, 0.5) is 11.6 Å². The second-order valence-corrected chi connectivity index (χ2v) is 9.23. The third-order valence-electron chi connectivity index (χ3n) is 6.79. The molecule has 0 saturated carbocycles. The van der Waals surface area contributed by atoms with Gasteiger partial charge in [-0.25, -0.2) is 4.52 Å². The Morgan fingerprint density at radius 3 is 2.68 bits per heavy atom. The highest BCUT2D eigenvalue weighted by atomic mass is 16.5. The summed E-state index contributed by atoms with van der Waals surface area (Å²) in [6.45, 7) is 3.54. The van der Waals surface area contributed by atoms with E-state index in [2.05, 4.69) is 49.8 Å². The minimum Gasteiger partial charge on any atom is -0.488 e. The van der Waals surface area contributed by atoms with E-state index >= 15 is 0 Å². The number of rotatable bonds is 5. The van der Waals surface area contributed by atoms with Crippen LogP contribution in [-0.4, -0.2) is 72.9 Å². The Hall–Kier alpha value is -3.50. The average Bonchev–Trinajstić information content (AvgIpc) is 3.41. The maximum atomic E-state index is 6.62. The molecule has 10 heteroatoms. The van der Waals surface area contributed by atoms with Gasteiger partial charge in [0.05, 0.1) is 31.1 Å². The number of aryl methyl sites for hydroxylation is 2. The van der Waals surface area contributed by atoms with Crippen LogP contribution in [0.1, 0.15) is 18.5 Å². The van der Waals surface area contributed by atoms with Gasteiger partial charge in [0.15, 0.2) is 11.6 Å². The summed E-state index contributed by atoms with van der Waals surface area (Å²) in [5.74, 6) is 2.15. The van der Waals surface area contributed by atoms with Gasteiger partial charge in [-0.2, -0.15) is 5.10 Å². The predicted octanol–water partition coefficient (Wildman–Crippen LogP) is 2.82. The van der Waals surface area contributed by atoms with Crippen LogP contribution in [0.15, 0.2) is 42.9 Å². The van der Waals surface area contributed by atoms with E-state index in [9.17, 15) is 0 Å². The van der Waals surface area contributed by atoms with Gasteiger partial charge in [-0.15, -0.1) is 5.10 Å². The summed E-state index contributed by atoms with van der Waals surface area (Å²) in [4.78, 5) is 6.99. The van der Waals surface area contributed by atoms with E-state index in [-0.39, 0.29) is 6.10 Å². The van der Waals surface area contributed by atoms with Crippen molar-refractivity contribution in [2.24, 2.45) is 7.05 Å². The molecular formula is C24H28N8O2.